The molecule has 1 saturated carbocycles. The quantitative estimate of drug-likeness (QED) is 0.740. The Morgan fingerprint density at radius 1 is 1.29 bits per heavy atom. The first-order valence-corrected chi connectivity index (χ1v) is 7.09. The minimum atomic E-state index is 0.797. The van der Waals surface area contributed by atoms with Crippen molar-refractivity contribution in [1.82, 2.24) is 10.2 Å². The van der Waals surface area contributed by atoms with E-state index in [1.165, 1.54) is 45.4 Å². The largest absolute Gasteiger partial charge is 0.314 e. The number of rotatable bonds is 2. The summed E-state index contributed by atoms with van der Waals surface area (Å²) >= 11 is 2.04. The van der Waals surface area contributed by atoms with Crippen molar-refractivity contribution in [2.24, 2.45) is 5.41 Å². The summed E-state index contributed by atoms with van der Waals surface area (Å²) in [5, 5.41) is 4.37. The van der Waals surface area contributed by atoms with E-state index in [1.807, 2.05) is 11.8 Å². The molecule has 80 valence electrons. The first-order valence-electron chi connectivity index (χ1n) is 5.81. The molecule has 1 spiro atoms. The van der Waals surface area contributed by atoms with Crippen LogP contribution in [0.1, 0.15) is 19.3 Å². The molecule has 3 fully saturated rings. The van der Waals surface area contributed by atoms with Crippen molar-refractivity contribution in [2.75, 3.05) is 32.4 Å². The van der Waals surface area contributed by atoms with Gasteiger partial charge < -0.3 is 5.32 Å². The zero-order chi connectivity index (χ0) is 9.60. The third-order valence-corrected chi connectivity index (χ3v) is 5.41. The second-order valence-corrected chi connectivity index (χ2v) is 6.30. The predicted molar refractivity (Wildman–Crippen MR) is 61.8 cm³/mol. The van der Waals surface area contributed by atoms with Gasteiger partial charge in [0, 0.05) is 30.9 Å². The maximum atomic E-state index is 3.54. The van der Waals surface area contributed by atoms with Gasteiger partial charge in [-0.05, 0) is 37.5 Å². The smallest absolute Gasteiger partial charge is 0.0351 e. The lowest BCUT2D eigenvalue weighted by atomic mass is 10.1. The minimum Gasteiger partial charge on any atom is -0.314 e. The molecule has 1 aliphatic carbocycles. The van der Waals surface area contributed by atoms with E-state index in [0.29, 0.717) is 0 Å². The number of thioether (sulfide) groups is 1. The molecular weight excluding hydrogens is 192 g/mol. The number of hydrogen-bond acceptors (Lipinski definition) is 3. The van der Waals surface area contributed by atoms with Gasteiger partial charge in [0.05, 0.1) is 0 Å². The van der Waals surface area contributed by atoms with E-state index >= 15 is 0 Å². The molecule has 2 atom stereocenters. The van der Waals surface area contributed by atoms with Gasteiger partial charge in [-0.15, -0.1) is 0 Å². The van der Waals surface area contributed by atoms with Crippen molar-refractivity contribution in [1.29, 1.82) is 0 Å². The van der Waals surface area contributed by atoms with Gasteiger partial charge in [0.1, 0.15) is 0 Å². The lowest BCUT2D eigenvalue weighted by molar-refractivity contribution is 0.249. The highest BCUT2D eigenvalue weighted by molar-refractivity contribution is 7.99. The van der Waals surface area contributed by atoms with Crippen LogP contribution in [0.25, 0.3) is 0 Å². The first kappa shape index (κ1) is 9.49. The maximum Gasteiger partial charge on any atom is 0.0351 e. The molecule has 2 nitrogen and oxygen atoms in total. The summed E-state index contributed by atoms with van der Waals surface area (Å²) in [6.07, 6.45) is 6.75. The van der Waals surface area contributed by atoms with Gasteiger partial charge in [0.2, 0.25) is 0 Å². The third-order valence-electron chi connectivity index (χ3n) is 4.32. The van der Waals surface area contributed by atoms with Crippen LogP contribution in [0.2, 0.25) is 0 Å². The van der Waals surface area contributed by atoms with Crippen LogP contribution >= 0.6 is 11.8 Å². The molecule has 3 heteroatoms. The maximum absolute atomic E-state index is 3.54. The van der Waals surface area contributed by atoms with Crippen LogP contribution in [-0.4, -0.2) is 48.6 Å². The van der Waals surface area contributed by atoms with E-state index in [-0.39, 0.29) is 0 Å². The molecule has 2 saturated heterocycles. The SMILES string of the molecule is CSC1CNCC1N1CCC2(CC2)C1. The van der Waals surface area contributed by atoms with Crippen LogP contribution in [0.3, 0.4) is 0 Å². The highest BCUT2D eigenvalue weighted by Gasteiger charge is 2.50. The molecule has 14 heavy (non-hydrogen) atoms. The third kappa shape index (κ3) is 1.50. The van der Waals surface area contributed by atoms with Crippen molar-refractivity contribution in [3.8, 4) is 0 Å². The van der Waals surface area contributed by atoms with Gasteiger partial charge in [-0.25, -0.2) is 0 Å². The Morgan fingerprint density at radius 3 is 2.79 bits per heavy atom. The summed E-state index contributed by atoms with van der Waals surface area (Å²) in [4.78, 5) is 2.76. The Hall–Kier alpha value is 0.270. The van der Waals surface area contributed by atoms with Crippen molar-refractivity contribution >= 4 is 11.8 Å². The summed E-state index contributed by atoms with van der Waals surface area (Å²) in [6, 6.07) is 0.824. The average Bonchev–Trinajstić information content (AvgIpc) is 2.66. The Kier molecular flexibility index (Phi) is 2.30. The molecule has 0 bridgehead atoms. The Balaban J connectivity index is 1.64. The van der Waals surface area contributed by atoms with Crippen LogP contribution in [0.4, 0.5) is 0 Å². The van der Waals surface area contributed by atoms with E-state index in [4.69, 9.17) is 0 Å². The van der Waals surface area contributed by atoms with E-state index in [2.05, 4.69) is 16.5 Å². The zero-order valence-electron chi connectivity index (χ0n) is 8.96. The van der Waals surface area contributed by atoms with Crippen molar-refractivity contribution in [2.45, 2.75) is 30.6 Å². The molecule has 0 aromatic rings. The zero-order valence-corrected chi connectivity index (χ0v) is 9.78. The Morgan fingerprint density at radius 2 is 2.14 bits per heavy atom. The normalized spacial score (nSPS) is 40.9. The molecule has 1 N–H and O–H groups in total. The van der Waals surface area contributed by atoms with Crippen LogP contribution in [0.15, 0.2) is 0 Å². The highest BCUT2D eigenvalue weighted by atomic mass is 32.2. The Bertz CT molecular complexity index is 227. The Labute approximate surface area is 90.8 Å². The molecule has 2 aliphatic heterocycles. The number of nitrogens with zero attached hydrogens (tertiary/aromatic N) is 1. The molecule has 0 amide bonds. The predicted octanol–water partition coefficient (Wildman–Crippen LogP) is 1.18. The van der Waals surface area contributed by atoms with Crippen molar-refractivity contribution < 1.29 is 0 Å². The van der Waals surface area contributed by atoms with Crippen molar-refractivity contribution in [3.63, 3.8) is 0 Å². The van der Waals surface area contributed by atoms with Crippen LogP contribution in [0, 0.1) is 5.41 Å². The molecule has 0 radical (unpaired) electrons. The topological polar surface area (TPSA) is 15.3 Å². The van der Waals surface area contributed by atoms with Crippen LogP contribution < -0.4 is 5.32 Å². The fourth-order valence-electron chi connectivity index (χ4n) is 3.08. The summed E-state index contributed by atoms with van der Waals surface area (Å²) in [5.74, 6) is 0. The van der Waals surface area contributed by atoms with E-state index < -0.39 is 0 Å². The highest BCUT2D eigenvalue weighted by Crippen LogP contribution is 2.53. The second-order valence-electron chi connectivity index (χ2n) is 5.22. The van der Waals surface area contributed by atoms with Gasteiger partial charge >= 0.3 is 0 Å². The average molecular weight is 212 g/mol. The van der Waals surface area contributed by atoms with Crippen LogP contribution in [-0.2, 0) is 0 Å². The minimum absolute atomic E-state index is 0.797. The van der Waals surface area contributed by atoms with Crippen molar-refractivity contribution in [3.05, 3.63) is 0 Å². The number of hydrogen-bond donors (Lipinski definition) is 1. The van der Waals surface area contributed by atoms with E-state index in [1.54, 1.807) is 0 Å². The molecule has 0 aromatic heterocycles. The first-order chi connectivity index (χ1) is 6.83. The standard InChI is InChI=1S/C11H20N2S/c1-14-10-7-12-6-9(10)13-5-4-11(8-13)2-3-11/h9-10,12H,2-8H2,1H3. The fourth-order valence-corrected chi connectivity index (χ4v) is 3.95. The van der Waals surface area contributed by atoms with Gasteiger partial charge in [-0.1, -0.05) is 0 Å². The summed E-state index contributed by atoms with van der Waals surface area (Å²) < 4.78 is 0. The molecule has 3 rings (SSSR count). The number of likely N-dealkylation sites (tertiary alicyclic amines) is 1. The van der Waals surface area contributed by atoms with Crippen LogP contribution in [0.5, 0.6) is 0 Å². The van der Waals surface area contributed by atoms with Gasteiger partial charge in [-0.3, -0.25) is 4.90 Å². The second kappa shape index (κ2) is 3.39. The van der Waals surface area contributed by atoms with E-state index in [0.717, 1.165) is 16.7 Å². The fraction of sp³-hybridized carbons (Fsp3) is 1.00. The van der Waals surface area contributed by atoms with Gasteiger partial charge in [-0.2, -0.15) is 11.8 Å². The molecule has 2 heterocycles. The summed E-state index contributed by atoms with van der Waals surface area (Å²) in [7, 11) is 0. The molecule has 0 aromatic carbocycles. The molecule has 2 unspecified atom stereocenters. The van der Waals surface area contributed by atoms with Gasteiger partial charge in [0.25, 0.3) is 0 Å². The summed E-state index contributed by atoms with van der Waals surface area (Å²) in [5.41, 5.74) is 0.797. The molecule has 3 aliphatic rings. The monoisotopic (exact) mass is 212 g/mol. The summed E-state index contributed by atoms with van der Waals surface area (Å²) in [6.45, 7) is 5.21. The van der Waals surface area contributed by atoms with E-state index in [9.17, 15) is 0 Å². The lowest BCUT2D eigenvalue weighted by Crippen LogP contribution is -2.40. The number of nitrogens with one attached hydrogen (secondary N) is 1. The molecular formula is C11H20N2S. The lowest BCUT2D eigenvalue weighted by Gasteiger charge is -2.27. The van der Waals surface area contributed by atoms with Gasteiger partial charge in [0.15, 0.2) is 0 Å².